The Morgan fingerprint density at radius 2 is 1.75 bits per heavy atom. The second kappa shape index (κ2) is 9.34. The molecular formula is C25H27N3O4. The van der Waals surface area contributed by atoms with Gasteiger partial charge in [0.25, 0.3) is 0 Å². The third-order valence-corrected chi connectivity index (χ3v) is 6.13. The van der Waals surface area contributed by atoms with Gasteiger partial charge < -0.3 is 5.32 Å². The van der Waals surface area contributed by atoms with E-state index < -0.39 is 30.3 Å². The molecule has 1 fully saturated rings. The van der Waals surface area contributed by atoms with Gasteiger partial charge in [-0.3, -0.25) is 19.3 Å². The lowest BCUT2D eigenvalue weighted by Gasteiger charge is -2.19. The van der Waals surface area contributed by atoms with Gasteiger partial charge in [0.1, 0.15) is 6.54 Å². The highest BCUT2D eigenvalue weighted by Gasteiger charge is 2.45. The number of imide groups is 2. The van der Waals surface area contributed by atoms with Crippen LogP contribution in [0.2, 0.25) is 0 Å². The van der Waals surface area contributed by atoms with Gasteiger partial charge in [0.05, 0.1) is 6.04 Å². The Hall–Kier alpha value is -3.48. The van der Waals surface area contributed by atoms with Crippen molar-refractivity contribution < 1.29 is 19.2 Å². The lowest BCUT2D eigenvalue weighted by molar-refractivity contribution is -0.144. The van der Waals surface area contributed by atoms with Crippen LogP contribution < -0.4 is 5.32 Å². The maximum absolute atomic E-state index is 12.6. The summed E-state index contributed by atoms with van der Waals surface area (Å²) in [5.74, 6) is -2.29. The van der Waals surface area contributed by atoms with Crippen LogP contribution in [0, 0.1) is 0 Å². The smallest absolute Gasteiger partial charge is 0.334 e. The molecule has 166 valence electrons. The minimum atomic E-state index is -0.943. The van der Waals surface area contributed by atoms with E-state index in [4.69, 9.17) is 0 Å². The zero-order chi connectivity index (χ0) is 22.7. The molecule has 7 heteroatoms. The number of allylic oxidation sites excluding steroid dienone is 1. The molecule has 1 aliphatic heterocycles. The van der Waals surface area contributed by atoms with Gasteiger partial charge in [-0.1, -0.05) is 48.0 Å². The molecule has 4 rings (SSSR count). The zero-order valence-electron chi connectivity index (χ0n) is 18.2. The number of nitrogens with one attached hydrogen (secondary N) is 1. The zero-order valence-corrected chi connectivity index (χ0v) is 18.2. The van der Waals surface area contributed by atoms with Gasteiger partial charge in [-0.15, -0.1) is 0 Å². The summed E-state index contributed by atoms with van der Waals surface area (Å²) in [5, 5.41) is 4.98. The molecule has 5 amide bonds. The summed E-state index contributed by atoms with van der Waals surface area (Å²) in [4.78, 5) is 51.5. The monoisotopic (exact) mass is 433 g/mol. The molecule has 1 atom stereocenters. The van der Waals surface area contributed by atoms with E-state index in [0.717, 1.165) is 51.8 Å². The van der Waals surface area contributed by atoms with Crippen LogP contribution in [0.1, 0.15) is 50.6 Å². The van der Waals surface area contributed by atoms with Gasteiger partial charge in [-0.05, 0) is 61.4 Å². The normalized spacial score (nSPS) is 17.7. The number of hydrogen-bond acceptors (Lipinski definition) is 4. The van der Waals surface area contributed by atoms with Crippen LogP contribution in [0.25, 0.3) is 10.8 Å². The summed E-state index contributed by atoms with van der Waals surface area (Å²) in [6.07, 6.45) is 6.96. The van der Waals surface area contributed by atoms with Gasteiger partial charge in [0.15, 0.2) is 0 Å². The molecule has 0 unspecified atom stereocenters. The molecule has 0 aromatic heterocycles. The van der Waals surface area contributed by atoms with Gasteiger partial charge in [-0.25, -0.2) is 9.69 Å². The molecule has 32 heavy (non-hydrogen) atoms. The number of amides is 5. The summed E-state index contributed by atoms with van der Waals surface area (Å²) in [6, 6.07) is 12.8. The van der Waals surface area contributed by atoms with Crippen LogP contribution in [-0.4, -0.2) is 46.6 Å². The number of urea groups is 1. The lowest BCUT2D eigenvalue weighted by atomic mass is 9.97. The van der Waals surface area contributed by atoms with E-state index >= 15 is 0 Å². The van der Waals surface area contributed by atoms with Crippen molar-refractivity contribution in [3.8, 4) is 0 Å². The molecule has 1 saturated heterocycles. The van der Waals surface area contributed by atoms with Gasteiger partial charge in [0, 0.05) is 6.54 Å². The molecule has 7 nitrogen and oxygen atoms in total. The predicted molar refractivity (Wildman–Crippen MR) is 120 cm³/mol. The molecule has 0 spiro atoms. The standard InChI is InChI=1S/C25H27N3O4/c1-17(20-12-11-19-9-5-6-10-21(19)15-20)26-22(29)16-28-24(31)23(30)27(25(28)32)14-13-18-7-3-2-4-8-18/h5-7,9-12,15,17H,2-4,8,13-14,16H2,1H3,(H,26,29)/t17-/m1/s1. The minimum Gasteiger partial charge on any atom is -0.348 e. The van der Waals surface area contributed by atoms with Crippen LogP contribution in [0.15, 0.2) is 54.1 Å². The molecule has 0 radical (unpaired) electrons. The van der Waals surface area contributed by atoms with E-state index in [2.05, 4.69) is 11.4 Å². The Morgan fingerprint density at radius 1 is 1.00 bits per heavy atom. The van der Waals surface area contributed by atoms with Crippen LogP contribution in [0.4, 0.5) is 4.79 Å². The average Bonchev–Trinajstić information content (AvgIpc) is 3.00. The van der Waals surface area contributed by atoms with Crippen molar-refractivity contribution in [3.05, 3.63) is 59.7 Å². The maximum atomic E-state index is 12.6. The van der Waals surface area contributed by atoms with Crippen molar-refractivity contribution in [2.45, 2.75) is 45.1 Å². The van der Waals surface area contributed by atoms with Crippen LogP contribution in [-0.2, 0) is 14.4 Å². The highest BCUT2D eigenvalue weighted by molar-refractivity contribution is 6.45. The van der Waals surface area contributed by atoms with E-state index in [9.17, 15) is 19.2 Å². The van der Waals surface area contributed by atoms with Crippen molar-refractivity contribution in [1.82, 2.24) is 15.1 Å². The lowest BCUT2D eigenvalue weighted by Crippen LogP contribution is -2.42. The highest BCUT2D eigenvalue weighted by atomic mass is 16.2. The first-order valence-electron chi connectivity index (χ1n) is 11.1. The summed E-state index contributed by atoms with van der Waals surface area (Å²) in [6.45, 7) is 1.53. The SMILES string of the molecule is C[C@@H](NC(=O)CN1C(=O)C(=O)N(CCC2=CCCCC2)C1=O)c1ccc2ccccc2c1. The van der Waals surface area contributed by atoms with E-state index in [-0.39, 0.29) is 12.6 Å². The summed E-state index contributed by atoms with van der Waals surface area (Å²) in [7, 11) is 0. The Bertz CT molecular complexity index is 1110. The van der Waals surface area contributed by atoms with Crippen LogP contribution in [0.3, 0.4) is 0 Å². The quantitative estimate of drug-likeness (QED) is 0.410. The topological polar surface area (TPSA) is 86.8 Å². The van der Waals surface area contributed by atoms with Crippen LogP contribution in [0.5, 0.6) is 0 Å². The number of carbonyl (C=O) groups excluding carboxylic acids is 4. The van der Waals surface area contributed by atoms with Crippen molar-refractivity contribution >= 4 is 34.5 Å². The largest absolute Gasteiger partial charge is 0.348 e. The Morgan fingerprint density at radius 3 is 2.50 bits per heavy atom. The molecule has 0 bridgehead atoms. The molecule has 2 aromatic rings. The first-order valence-corrected chi connectivity index (χ1v) is 11.1. The Labute approximate surface area is 187 Å². The number of fused-ring (bicyclic) bond motifs is 1. The van der Waals surface area contributed by atoms with E-state index in [1.807, 2.05) is 49.4 Å². The molecule has 0 saturated carbocycles. The maximum Gasteiger partial charge on any atom is 0.334 e. The average molecular weight is 434 g/mol. The van der Waals surface area contributed by atoms with Crippen molar-refractivity contribution in [2.75, 3.05) is 13.1 Å². The molecule has 1 N–H and O–H groups in total. The van der Waals surface area contributed by atoms with Crippen molar-refractivity contribution in [2.24, 2.45) is 0 Å². The second-order valence-corrected chi connectivity index (χ2v) is 8.38. The Kier molecular flexibility index (Phi) is 6.35. The summed E-state index contributed by atoms with van der Waals surface area (Å²) < 4.78 is 0. The summed E-state index contributed by atoms with van der Waals surface area (Å²) >= 11 is 0. The predicted octanol–water partition coefficient (Wildman–Crippen LogP) is 3.70. The van der Waals surface area contributed by atoms with Gasteiger partial charge >= 0.3 is 17.8 Å². The minimum absolute atomic E-state index is 0.168. The number of benzene rings is 2. The van der Waals surface area contributed by atoms with E-state index in [1.54, 1.807) is 0 Å². The van der Waals surface area contributed by atoms with E-state index in [1.165, 1.54) is 5.57 Å². The first kappa shape index (κ1) is 21.7. The fourth-order valence-electron chi connectivity index (χ4n) is 4.27. The Balaban J connectivity index is 1.36. The van der Waals surface area contributed by atoms with Gasteiger partial charge in [0.2, 0.25) is 5.91 Å². The fourth-order valence-corrected chi connectivity index (χ4v) is 4.27. The highest BCUT2D eigenvalue weighted by Crippen LogP contribution is 2.23. The number of nitrogens with zero attached hydrogens (tertiary/aromatic N) is 2. The van der Waals surface area contributed by atoms with Crippen molar-refractivity contribution in [1.29, 1.82) is 0 Å². The third-order valence-electron chi connectivity index (χ3n) is 6.13. The fraction of sp³-hybridized carbons (Fsp3) is 0.360. The number of rotatable bonds is 7. The first-order chi connectivity index (χ1) is 15.4. The van der Waals surface area contributed by atoms with E-state index in [0.29, 0.717) is 6.42 Å². The van der Waals surface area contributed by atoms with Gasteiger partial charge in [-0.2, -0.15) is 0 Å². The number of hydrogen-bond donors (Lipinski definition) is 1. The van der Waals surface area contributed by atoms with Crippen LogP contribution >= 0.6 is 0 Å². The molecule has 1 aliphatic carbocycles. The number of carbonyl (C=O) groups is 4. The molecule has 2 aliphatic rings. The molecule has 1 heterocycles. The van der Waals surface area contributed by atoms with Crippen molar-refractivity contribution in [3.63, 3.8) is 0 Å². The molecule has 2 aromatic carbocycles. The third kappa shape index (κ3) is 4.56. The summed E-state index contributed by atoms with van der Waals surface area (Å²) in [5.41, 5.74) is 2.12. The molecular weight excluding hydrogens is 406 g/mol. The second-order valence-electron chi connectivity index (χ2n) is 8.38.